The molecule has 0 aliphatic rings. The molecule has 0 aliphatic carbocycles. The SMILES string of the molecule is CC(C)(F)C(O)CO. The van der Waals surface area contributed by atoms with Gasteiger partial charge in [0.05, 0.1) is 6.61 Å². The van der Waals surface area contributed by atoms with Crippen LogP contribution in [-0.2, 0) is 0 Å². The Balaban J connectivity index is 3.62. The number of rotatable bonds is 2. The third kappa shape index (κ3) is 2.23. The average molecular weight is 122 g/mol. The van der Waals surface area contributed by atoms with Crippen LogP contribution in [0.2, 0.25) is 0 Å². The first-order valence-corrected chi connectivity index (χ1v) is 2.46. The molecule has 3 heteroatoms. The van der Waals surface area contributed by atoms with Crippen LogP contribution in [0.15, 0.2) is 0 Å². The normalized spacial score (nSPS) is 16.1. The summed E-state index contributed by atoms with van der Waals surface area (Å²) in [5.41, 5.74) is -1.69. The molecule has 1 unspecified atom stereocenters. The summed E-state index contributed by atoms with van der Waals surface area (Å²) in [5, 5.41) is 16.7. The topological polar surface area (TPSA) is 40.5 Å². The summed E-state index contributed by atoms with van der Waals surface area (Å²) < 4.78 is 12.4. The van der Waals surface area contributed by atoms with Gasteiger partial charge in [0.25, 0.3) is 0 Å². The zero-order valence-corrected chi connectivity index (χ0v) is 5.06. The minimum absolute atomic E-state index is 0.524. The van der Waals surface area contributed by atoms with Crippen molar-refractivity contribution in [3.8, 4) is 0 Å². The summed E-state index contributed by atoms with van der Waals surface area (Å²) in [4.78, 5) is 0. The molecule has 2 N–H and O–H groups in total. The first-order chi connectivity index (χ1) is 3.48. The molecule has 50 valence electrons. The Labute approximate surface area is 48.0 Å². The lowest BCUT2D eigenvalue weighted by Gasteiger charge is -2.18. The van der Waals surface area contributed by atoms with E-state index in [1.807, 2.05) is 0 Å². The van der Waals surface area contributed by atoms with E-state index in [1.165, 1.54) is 13.8 Å². The fourth-order valence-electron chi connectivity index (χ4n) is 0.217. The van der Waals surface area contributed by atoms with Gasteiger partial charge in [-0.05, 0) is 13.8 Å². The zero-order valence-electron chi connectivity index (χ0n) is 5.06. The van der Waals surface area contributed by atoms with Crippen LogP contribution in [-0.4, -0.2) is 28.6 Å². The van der Waals surface area contributed by atoms with E-state index in [0.717, 1.165) is 0 Å². The van der Waals surface area contributed by atoms with E-state index in [4.69, 9.17) is 10.2 Å². The molecule has 0 heterocycles. The lowest BCUT2D eigenvalue weighted by atomic mass is 10.1. The van der Waals surface area contributed by atoms with E-state index < -0.39 is 18.4 Å². The second-order valence-corrected chi connectivity index (χ2v) is 2.26. The van der Waals surface area contributed by atoms with E-state index in [9.17, 15) is 4.39 Å². The molecule has 0 spiro atoms. The van der Waals surface area contributed by atoms with Crippen LogP contribution >= 0.6 is 0 Å². The molecule has 0 bridgehead atoms. The van der Waals surface area contributed by atoms with Crippen molar-refractivity contribution in [3.05, 3.63) is 0 Å². The highest BCUT2D eigenvalue weighted by molar-refractivity contribution is 4.75. The Bertz CT molecular complexity index is 67.3. The molecule has 0 fully saturated rings. The second kappa shape index (κ2) is 2.42. The fourth-order valence-corrected chi connectivity index (χ4v) is 0.217. The first-order valence-electron chi connectivity index (χ1n) is 2.46. The number of aliphatic hydroxyl groups excluding tert-OH is 2. The van der Waals surface area contributed by atoms with E-state index >= 15 is 0 Å². The maximum atomic E-state index is 12.4. The number of halogens is 1. The molecule has 0 saturated heterocycles. The lowest BCUT2D eigenvalue weighted by Crippen LogP contribution is -2.34. The molecule has 0 aromatic heterocycles. The van der Waals surface area contributed by atoms with Gasteiger partial charge in [0.2, 0.25) is 0 Å². The monoisotopic (exact) mass is 122 g/mol. The van der Waals surface area contributed by atoms with Crippen molar-refractivity contribution in [1.29, 1.82) is 0 Å². The fraction of sp³-hybridized carbons (Fsp3) is 1.00. The Morgan fingerprint density at radius 1 is 1.62 bits per heavy atom. The molecule has 0 rings (SSSR count). The number of alkyl halides is 1. The molecule has 0 radical (unpaired) electrons. The second-order valence-electron chi connectivity index (χ2n) is 2.26. The van der Waals surface area contributed by atoms with Gasteiger partial charge in [0, 0.05) is 0 Å². The standard InChI is InChI=1S/C5H11FO2/c1-5(2,6)4(8)3-7/h4,7-8H,3H2,1-2H3. The largest absolute Gasteiger partial charge is 0.394 e. The van der Waals surface area contributed by atoms with Crippen LogP contribution in [0.25, 0.3) is 0 Å². The van der Waals surface area contributed by atoms with Gasteiger partial charge in [-0.1, -0.05) is 0 Å². The lowest BCUT2D eigenvalue weighted by molar-refractivity contribution is -0.0185. The van der Waals surface area contributed by atoms with Crippen LogP contribution in [0.1, 0.15) is 13.8 Å². The van der Waals surface area contributed by atoms with Gasteiger partial charge in [-0.25, -0.2) is 4.39 Å². The highest BCUT2D eigenvalue weighted by Crippen LogP contribution is 2.12. The average Bonchev–Trinajstić information content (AvgIpc) is 1.62. The van der Waals surface area contributed by atoms with Crippen molar-refractivity contribution in [2.45, 2.75) is 25.6 Å². The summed E-state index contributed by atoms with van der Waals surface area (Å²) in [6.45, 7) is 1.91. The van der Waals surface area contributed by atoms with Crippen LogP contribution < -0.4 is 0 Å². The first kappa shape index (κ1) is 7.85. The van der Waals surface area contributed by atoms with Gasteiger partial charge in [-0.3, -0.25) is 0 Å². The highest BCUT2D eigenvalue weighted by atomic mass is 19.1. The Morgan fingerprint density at radius 2 is 2.00 bits per heavy atom. The molecular weight excluding hydrogens is 111 g/mol. The number of hydrogen-bond donors (Lipinski definition) is 2. The minimum atomic E-state index is -1.69. The molecule has 8 heavy (non-hydrogen) atoms. The third-order valence-electron chi connectivity index (χ3n) is 0.965. The Kier molecular flexibility index (Phi) is 2.37. The van der Waals surface area contributed by atoms with Gasteiger partial charge in [0.15, 0.2) is 0 Å². The molecule has 2 nitrogen and oxygen atoms in total. The number of aliphatic hydroxyl groups is 2. The van der Waals surface area contributed by atoms with Crippen molar-refractivity contribution >= 4 is 0 Å². The van der Waals surface area contributed by atoms with E-state index in [2.05, 4.69) is 0 Å². The molecule has 0 amide bonds. The zero-order chi connectivity index (χ0) is 6.78. The summed E-state index contributed by atoms with van der Waals surface area (Å²) >= 11 is 0. The Morgan fingerprint density at radius 3 is 2.00 bits per heavy atom. The van der Waals surface area contributed by atoms with Crippen molar-refractivity contribution in [2.75, 3.05) is 6.61 Å². The van der Waals surface area contributed by atoms with Gasteiger partial charge in [0.1, 0.15) is 11.8 Å². The van der Waals surface area contributed by atoms with Crippen LogP contribution in [0.3, 0.4) is 0 Å². The maximum absolute atomic E-state index is 12.4. The van der Waals surface area contributed by atoms with Gasteiger partial charge in [-0.2, -0.15) is 0 Å². The Hall–Kier alpha value is -0.150. The van der Waals surface area contributed by atoms with Crippen molar-refractivity contribution in [1.82, 2.24) is 0 Å². The predicted molar refractivity (Wildman–Crippen MR) is 28.3 cm³/mol. The third-order valence-corrected chi connectivity index (χ3v) is 0.965. The highest BCUT2D eigenvalue weighted by Gasteiger charge is 2.25. The van der Waals surface area contributed by atoms with Crippen LogP contribution in [0.4, 0.5) is 4.39 Å². The van der Waals surface area contributed by atoms with Crippen LogP contribution in [0, 0.1) is 0 Å². The van der Waals surface area contributed by atoms with Crippen molar-refractivity contribution in [2.24, 2.45) is 0 Å². The molecular formula is C5H11FO2. The van der Waals surface area contributed by atoms with Crippen LogP contribution in [0.5, 0.6) is 0 Å². The van der Waals surface area contributed by atoms with E-state index in [1.54, 1.807) is 0 Å². The molecule has 0 aliphatic heterocycles. The smallest absolute Gasteiger partial charge is 0.133 e. The summed E-state index contributed by atoms with van der Waals surface area (Å²) in [6.07, 6.45) is -1.26. The summed E-state index contributed by atoms with van der Waals surface area (Å²) in [7, 11) is 0. The molecule has 0 aromatic carbocycles. The minimum Gasteiger partial charge on any atom is -0.394 e. The van der Waals surface area contributed by atoms with Crippen molar-refractivity contribution in [3.63, 3.8) is 0 Å². The van der Waals surface area contributed by atoms with Gasteiger partial charge >= 0.3 is 0 Å². The van der Waals surface area contributed by atoms with Gasteiger partial charge < -0.3 is 10.2 Å². The quantitative estimate of drug-likeness (QED) is 0.545. The van der Waals surface area contributed by atoms with E-state index in [-0.39, 0.29) is 0 Å². The summed E-state index contributed by atoms with van der Waals surface area (Å²) in [6, 6.07) is 0. The summed E-state index contributed by atoms with van der Waals surface area (Å²) in [5.74, 6) is 0. The van der Waals surface area contributed by atoms with Gasteiger partial charge in [-0.15, -0.1) is 0 Å². The molecule has 0 saturated carbocycles. The van der Waals surface area contributed by atoms with Crippen molar-refractivity contribution < 1.29 is 14.6 Å². The van der Waals surface area contributed by atoms with E-state index in [0.29, 0.717) is 0 Å². The maximum Gasteiger partial charge on any atom is 0.133 e. The number of hydrogen-bond acceptors (Lipinski definition) is 2. The predicted octanol–water partition coefficient (Wildman–Crippen LogP) is 0.0877. The molecule has 1 atom stereocenters. The molecule has 0 aromatic rings.